The summed E-state index contributed by atoms with van der Waals surface area (Å²) in [4.78, 5) is 34.4. The van der Waals surface area contributed by atoms with Crippen molar-refractivity contribution >= 4 is 43.6 Å². The molecule has 0 bridgehead atoms. The highest BCUT2D eigenvalue weighted by molar-refractivity contribution is 6.04. The minimum atomic E-state index is -0.141. The van der Waals surface area contributed by atoms with Crippen molar-refractivity contribution in [2.75, 3.05) is 0 Å². The van der Waals surface area contributed by atoms with Crippen LogP contribution in [-0.4, -0.2) is 9.97 Å². The quantitative estimate of drug-likeness (QED) is 0.229. The Morgan fingerprint density at radius 3 is 1.30 bits per heavy atom. The van der Waals surface area contributed by atoms with E-state index < -0.39 is 0 Å². The molecule has 7 rings (SSSR count). The first-order valence-electron chi connectivity index (χ1n) is 13.0. The molecule has 6 nitrogen and oxygen atoms in total. The lowest BCUT2D eigenvalue weighted by atomic mass is 10.0. The van der Waals surface area contributed by atoms with Crippen LogP contribution in [-0.2, 0) is 0 Å². The molecule has 7 aromatic rings. The minimum Gasteiger partial charge on any atom is -0.455 e. The van der Waals surface area contributed by atoms with Crippen LogP contribution in [0.3, 0.4) is 0 Å². The third-order valence-electron chi connectivity index (χ3n) is 7.09. The SMILES string of the molecule is Cc1cc(Oc2ccccc2)c2[nH]c3cc4c(=O)c5cc(C)cc(Oc6ccccc6)c5[nH]c4cc3c(=O)c2c1. The van der Waals surface area contributed by atoms with Gasteiger partial charge in [-0.05, 0) is 85.6 Å². The molecule has 6 heteroatoms. The lowest BCUT2D eigenvalue weighted by Gasteiger charge is -2.13. The molecule has 0 aliphatic carbocycles. The predicted molar refractivity (Wildman–Crippen MR) is 160 cm³/mol. The largest absolute Gasteiger partial charge is 0.455 e. The van der Waals surface area contributed by atoms with Crippen molar-refractivity contribution in [3.63, 3.8) is 0 Å². The molecule has 0 aliphatic heterocycles. The third kappa shape index (κ3) is 3.98. The van der Waals surface area contributed by atoms with Gasteiger partial charge in [0, 0.05) is 10.8 Å². The molecule has 0 atom stereocenters. The lowest BCUT2D eigenvalue weighted by Crippen LogP contribution is -2.09. The molecule has 0 fully saturated rings. The molecule has 2 aromatic heterocycles. The second-order valence-corrected chi connectivity index (χ2v) is 10.1. The summed E-state index contributed by atoms with van der Waals surface area (Å²) in [6, 6.07) is 29.9. The Kier molecular flexibility index (Phi) is 5.42. The van der Waals surface area contributed by atoms with Crippen molar-refractivity contribution in [3.05, 3.63) is 129 Å². The van der Waals surface area contributed by atoms with Crippen LogP contribution in [0.1, 0.15) is 11.1 Å². The van der Waals surface area contributed by atoms with Gasteiger partial charge in [0.1, 0.15) is 11.5 Å². The topological polar surface area (TPSA) is 84.2 Å². The zero-order chi connectivity index (χ0) is 27.4. The van der Waals surface area contributed by atoms with Gasteiger partial charge in [0.25, 0.3) is 0 Å². The van der Waals surface area contributed by atoms with E-state index in [0.29, 0.717) is 66.6 Å². The second kappa shape index (κ2) is 9.13. The number of para-hydroxylation sites is 2. The van der Waals surface area contributed by atoms with Gasteiger partial charge in [-0.25, -0.2) is 0 Å². The van der Waals surface area contributed by atoms with Crippen molar-refractivity contribution in [3.8, 4) is 23.0 Å². The molecule has 0 saturated carbocycles. The monoisotopic (exact) mass is 524 g/mol. The molecule has 40 heavy (non-hydrogen) atoms. The Labute approximate surface area is 228 Å². The van der Waals surface area contributed by atoms with E-state index in [2.05, 4.69) is 9.97 Å². The fourth-order valence-corrected chi connectivity index (χ4v) is 5.26. The van der Waals surface area contributed by atoms with Crippen LogP contribution >= 0.6 is 0 Å². The van der Waals surface area contributed by atoms with E-state index in [1.165, 1.54) is 0 Å². The van der Waals surface area contributed by atoms with E-state index in [0.717, 1.165) is 11.1 Å². The maximum atomic E-state index is 13.8. The smallest absolute Gasteiger partial charge is 0.197 e. The van der Waals surface area contributed by atoms with Gasteiger partial charge in [-0.3, -0.25) is 9.59 Å². The predicted octanol–water partition coefficient (Wildman–Crippen LogP) is 7.88. The molecule has 2 N–H and O–H groups in total. The summed E-state index contributed by atoms with van der Waals surface area (Å²) in [7, 11) is 0. The molecule has 0 unspecified atom stereocenters. The first-order valence-corrected chi connectivity index (χ1v) is 13.0. The van der Waals surface area contributed by atoms with Gasteiger partial charge in [0.15, 0.2) is 22.4 Å². The molecule has 2 heterocycles. The summed E-state index contributed by atoms with van der Waals surface area (Å²) in [5, 5.41) is 1.99. The number of benzene rings is 5. The van der Waals surface area contributed by atoms with E-state index in [1.54, 1.807) is 12.1 Å². The van der Waals surface area contributed by atoms with Gasteiger partial charge in [-0.15, -0.1) is 0 Å². The van der Waals surface area contributed by atoms with E-state index >= 15 is 0 Å². The van der Waals surface area contributed by atoms with Crippen molar-refractivity contribution in [1.29, 1.82) is 0 Å². The average molecular weight is 525 g/mol. The summed E-state index contributed by atoms with van der Waals surface area (Å²) in [5.74, 6) is 2.43. The highest BCUT2D eigenvalue weighted by Crippen LogP contribution is 2.33. The van der Waals surface area contributed by atoms with E-state index in [1.807, 2.05) is 98.8 Å². The summed E-state index contributed by atoms with van der Waals surface area (Å²) >= 11 is 0. The first-order chi connectivity index (χ1) is 19.4. The number of aryl methyl sites for hydroxylation is 2. The van der Waals surface area contributed by atoms with Gasteiger partial charge in [-0.2, -0.15) is 0 Å². The molecule has 0 saturated heterocycles. The normalized spacial score (nSPS) is 11.4. The number of fused-ring (bicyclic) bond motifs is 4. The van der Waals surface area contributed by atoms with Gasteiger partial charge in [0.05, 0.1) is 32.8 Å². The number of aromatic amines is 2. The Morgan fingerprint density at radius 1 is 0.500 bits per heavy atom. The number of ether oxygens (including phenoxy) is 2. The number of aromatic nitrogens is 2. The molecular weight excluding hydrogens is 500 g/mol. The second-order valence-electron chi connectivity index (χ2n) is 10.1. The Morgan fingerprint density at radius 2 is 0.900 bits per heavy atom. The zero-order valence-corrected chi connectivity index (χ0v) is 21.9. The summed E-state index contributed by atoms with van der Waals surface area (Å²) in [6.45, 7) is 3.86. The number of hydrogen-bond donors (Lipinski definition) is 2. The number of rotatable bonds is 4. The van der Waals surface area contributed by atoms with Crippen molar-refractivity contribution < 1.29 is 9.47 Å². The lowest BCUT2D eigenvalue weighted by molar-refractivity contribution is 0.486. The molecule has 0 aliphatic rings. The summed E-state index contributed by atoms with van der Waals surface area (Å²) < 4.78 is 12.3. The zero-order valence-electron chi connectivity index (χ0n) is 21.9. The maximum Gasteiger partial charge on any atom is 0.197 e. The number of pyridine rings is 2. The van der Waals surface area contributed by atoms with Crippen molar-refractivity contribution in [1.82, 2.24) is 9.97 Å². The molecule has 194 valence electrons. The van der Waals surface area contributed by atoms with Crippen LogP contribution < -0.4 is 20.3 Å². The molecule has 0 amide bonds. The first kappa shape index (κ1) is 23.7. The third-order valence-corrected chi connectivity index (χ3v) is 7.09. The van der Waals surface area contributed by atoms with E-state index in [4.69, 9.17) is 9.47 Å². The average Bonchev–Trinajstić information content (AvgIpc) is 2.95. The summed E-state index contributed by atoms with van der Waals surface area (Å²) in [5.41, 5.74) is 3.81. The van der Waals surface area contributed by atoms with E-state index in [-0.39, 0.29) is 10.9 Å². The molecule has 0 spiro atoms. The number of nitrogens with one attached hydrogen (secondary N) is 2. The van der Waals surface area contributed by atoms with E-state index in [9.17, 15) is 9.59 Å². The van der Waals surface area contributed by atoms with Gasteiger partial charge >= 0.3 is 0 Å². The van der Waals surface area contributed by atoms with Crippen LogP contribution in [0.5, 0.6) is 23.0 Å². The maximum absolute atomic E-state index is 13.8. The Hall–Kier alpha value is -5.36. The molecule has 0 radical (unpaired) electrons. The standard InChI is InChI=1S/C34H24N2O4/c1-19-13-25-31(29(15-19)39-21-9-5-3-6-10-21)35-27-18-24-28(17-23(27)33(25)37)36-32-26(34(24)38)14-20(2)16-30(32)40-22-11-7-4-8-12-22/h3-18H,1-2H3,(H,35,37)(H,36,38). The van der Waals surface area contributed by atoms with Crippen LogP contribution in [0.15, 0.2) is 107 Å². The van der Waals surface area contributed by atoms with Gasteiger partial charge in [0.2, 0.25) is 0 Å². The van der Waals surface area contributed by atoms with Crippen LogP contribution in [0.4, 0.5) is 0 Å². The fourth-order valence-electron chi connectivity index (χ4n) is 5.26. The highest BCUT2D eigenvalue weighted by atomic mass is 16.5. The number of hydrogen-bond acceptors (Lipinski definition) is 4. The van der Waals surface area contributed by atoms with Crippen LogP contribution in [0, 0.1) is 13.8 Å². The summed E-state index contributed by atoms with van der Waals surface area (Å²) in [6.07, 6.45) is 0. The Balaban J connectivity index is 1.48. The van der Waals surface area contributed by atoms with Gasteiger partial charge < -0.3 is 19.4 Å². The van der Waals surface area contributed by atoms with Crippen LogP contribution in [0.25, 0.3) is 43.6 Å². The molecule has 5 aromatic carbocycles. The van der Waals surface area contributed by atoms with Crippen molar-refractivity contribution in [2.45, 2.75) is 13.8 Å². The number of H-pyrrole nitrogens is 2. The Bertz CT molecular complexity index is 2060. The van der Waals surface area contributed by atoms with Crippen LogP contribution in [0.2, 0.25) is 0 Å². The fraction of sp³-hybridized carbons (Fsp3) is 0.0588. The molecular formula is C34H24N2O4. The highest BCUT2D eigenvalue weighted by Gasteiger charge is 2.16. The van der Waals surface area contributed by atoms with Gasteiger partial charge in [-0.1, -0.05) is 36.4 Å². The van der Waals surface area contributed by atoms with Crippen molar-refractivity contribution in [2.24, 2.45) is 0 Å². The minimum absolute atomic E-state index is 0.141.